The first-order valence-corrected chi connectivity index (χ1v) is 5.68. The predicted molar refractivity (Wildman–Crippen MR) is 66.9 cm³/mol. The largest absolute Gasteiger partial charge is 0.496 e. The van der Waals surface area contributed by atoms with Crippen LogP contribution in [0, 0.1) is 19.8 Å². The predicted octanol–water partition coefficient (Wildman–Crippen LogP) is 3.18. The van der Waals surface area contributed by atoms with Crippen molar-refractivity contribution in [3.05, 3.63) is 28.8 Å². The average Bonchev–Trinajstić information content (AvgIpc) is 2.20. The zero-order valence-electron chi connectivity index (χ0n) is 11.1. The molecule has 90 valence electrons. The molecule has 2 nitrogen and oxygen atoms in total. The van der Waals surface area contributed by atoms with Gasteiger partial charge in [-0.3, -0.25) is 0 Å². The highest BCUT2D eigenvalue weighted by Crippen LogP contribution is 2.34. The van der Waals surface area contributed by atoms with Crippen molar-refractivity contribution >= 4 is 0 Å². The molecule has 0 bridgehead atoms. The van der Waals surface area contributed by atoms with Gasteiger partial charge in [-0.05, 0) is 55.5 Å². The Labute approximate surface area is 98.3 Å². The second-order valence-electron chi connectivity index (χ2n) is 4.94. The zero-order valence-corrected chi connectivity index (χ0v) is 11.1. The summed E-state index contributed by atoms with van der Waals surface area (Å²) in [6.45, 7) is 9.93. The van der Waals surface area contributed by atoms with Crippen molar-refractivity contribution in [3.8, 4) is 5.75 Å². The number of rotatable bonds is 3. The van der Waals surface area contributed by atoms with Gasteiger partial charge in [0, 0.05) is 0 Å². The summed E-state index contributed by atoms with van der Waals surface area (Å²) in [7, 11) is 1.67. The number of aliphatic hydroxyl groups is 1. The lowest BCUT2D eigenvalue weighted by Crippen LogP contribution is -2.29. The summed E-state index contributed by atoms with van der Waals surface area (Å²) in [5.41, 5.74) is 2.33. The average molecular weight is 222 g/mol. The van der Waals surface area contributed by atoms with E-state index in [0.717, 1.165) is 22.4 Å². The van der Waals surface area contributed by atoms with Crippen molar-refractivity contribution in [2.75, 3.05) is 7.11 Å². The Kier molecular flexibility index (Phi) is 3.64. The monoisotopic (exact) mass is 222 g/mol. The molecule has 1 rings (SSSR count). The normalized spacial score (nSPS) is 15.0. The molecular formula is C14H22O2. The van der Waals surface area contributed by atoms with E-state index in [-0.39, 0.29) is 5.92 Å². The second kappa shape index (κ2) is 4.46. The molecule has 2 heteroatoms. The van der Waals surface area contributed by atoms with Gasteiger partial charge < -0.3 is 9.84 Å². The first-order chi connectivity index (χ1) is 7.30. The lowest BCUT2D eigenvalue weighted by molar-refractivity contribution is 0.00838. The Morgan fingerprint density at radius 2 is 1.75 bits per heavy atom. The summed E-state index contributed by atoms with van der Waals surface area (Å²) in [6.07, 6.45) is 0. The zero-order chi connectivity index (χ0) is 12.5. The van der Waals surface area contributed by atoms with Gasteiger partial charge in [0.25, 0.3) is 0 Å². The third kappa shape index (κ3) is 2.22. The molecule has 0 aliphatic carbocycles. The lowest BCUT2D eigenvalue weighted by Gasteiger charge is -2.30. The lowest BCUT2D eigenvalue weighted by atomic mass is 9.82. The molecule has 1 aromatic rings. The highest BCUT2D eigenvalue weighted by atomic mass is 16.5. The van der Waals surface area contributed by atoms with Gasteiger partial charge in [-0.1, -0.05) is 13.8 Å². The standard InChI is InChI=1S/C14H22O2/c1-9(2)14(5,15)12-7-11(4)13(16-6)8-10(12)3/h7-9,15H,1-6H3. The Morgan fingerprint density at radius 3 is 2.19 bits per heavy atom. The maximum absolute atomic E-state index is 10.5. The SMILES string of the molecule is COc1cc(C)c(C(C)(O)C(C)C)cc1C. The number of methoxy groups -OCH3 is 1. The van der Waals surface area contributed by atoms with Crippen LogP contribution in [-0.4, -0.2) is 12.2 Å². The molecule has 0 amide bonds. The van der Waals surface area contributed by atoms with Crippen LogP contribution in [0.3, 0.4) is 0 Å². The van der Waals surface area contributed by atoms with E-state index in [1.807, 2.05) is 46.8 Å². The van der Waals surface area contributed by atoms with Crippen LogP contribution in [0.25, 0.3) is 0 Å². The molecule has 0 aliphatic rings. The van der Waals surface area contributed by atoms with Crippen molar-refractivity contribution in [2.45, 2.75) is 40.2 Å². The van der Waals surface area contributed by atoms with E-state index in [1.54, 1.807) is 7.11 Å². The molecule has 0 fully saturated rings. The number of ether oxygens (including phenoxy) is 1. The van der Waals surface area contributed by atoms with Gasteiger partial charge in [-0.15, -0.1) is 0 Å². The molecule has 16 heavy (non-hydrogen) atoms. The molecular weight excluding hydrogens is 200 g/mol. The molecule has 0 aliphatic heterocycles. The van der Waals surface area contributed by atoms with Gasteiger partial charge in [0.2, 0.25) is 0 Å². The van der Waals surface area contributed by atoms with Crippen molar-refractivity contribution in [2.24, 2.45) is 5.92 Å². The number of aryl methyl sites for hydroxylation is 2. The summed E-state index contributed by atoms with van der Waals surface area (Å²) < 4.78 is 5.27. The van der Waals surface area contributed by atoms with E-state index in [4.69, 9.17) is 4.74 Å². The van der Waals surface area contributed by atoms with E-state index < -0.39 is 5.60 Å². The van der Waals surface area contributed by atoms with Crippen molar-refractivity contribution in [1.82, 2.24) is 0 Å². The van der Waals surface area contributed by atoms with Crippen LogP contribution in [0.5, 0.6) is 5.75 Å². The van der Waals surface area contributed by atoms with E-state index in [0.29, 0.717) is 0 Å². The van der Waals surface area contributed by atoms with Gasteiger partial charge in [0.15, 0.2) is 0 Å². The molecule has 0 heterocycles. The third-order valence-electron chi connectivity index (χ3n) is 3.41. The van der Waals surface area contributed by atoms with Gasteiger partial charge in [0.1, 0.15) is 5.75 Å². The first-order valence-electron chi connectivity index (χ1n) is 5.68. The molecule has 1 atom stereocenters. The van der Waals surface area contributed by atoms with Gasteiger partial charge >= 0.3 is 0 Å². The topological polar surface area (TPSA) is 29.5 Å². The Balaban J connectivity index is 3.31. The van der Waals surface area contributed by atoms with Crippen molar-refractivity contribution in [3.63, 3.8) is 0 Å². The van der Waals surface area contributed by atoms with Crippen LogP contribution in [0.4, 0.5) is 0 Å². The Morgan fingerprint density at radius 1 is 1.19 bits per heavy atom. The van der Waals surface area contributed by atoms with E-state index in [9.17, 15) is 5.11 Å². The molecule has 0 aromatic heterocycles. The highest BCUT2D eigenvalue weighted by molar-refractivity contribution is 5.43. The molecule has 0 saturated carbocycles. The van der Waals surface area contributed by atoms with Crippen LogP contribution in [0.15, 0.2) is 12.1 Å². The molecule has 1 N–H and O–H groups in total. The van der Waals surface area contributed by atoms with Crippen molar-refractivity contribution < 1.29 is 9.84 Å². The van der Waals surface area contributed by atoms with E-state index in [1.165, 1.54) is 0 Å². The molecule has 1 unspecified atom stereocenters. The summed E-state index contributed by atoms with van der Waals surface area (Å²) >= 11 is 0. The minimum absolute atomic E-state index is 0.180. The quantitative estimate of drug-likeness (QED) is 0.851. The maximum Gasteiger partial charge on any atom is 0.122 e. The molecule has 0 saturated heterocycles. The van der Waals surface area contributed by atoms with Gasteiger partial charge in [0.05, 0.1) is 12.7 Å². The molecule has 0 radical (unpaired) electrons. The maximum atomic E-state index is 10.5. The first kappa shape index (κ1) is 13.0. The van der Waals surface area contributed by atoms with Gasteiger partial charge in [-0.2, -0.15) is 0 Å². The fraction of sp³-hybridized carbons (Fsp3) is 0.571. The number of benzene rings is 1. The van der Waals surface area contributed by atoms with Gasteiger partial charge in [-0.25, -0.2) is 0 Å². The van der Waals surface area contributed by atoms with E-state index in [2.05, 4.69) is 0 Å². The minimum atomic E-state index is -0.791. The van der Waals surface area contributed by atoms with Crippen molar-refractivity contribution in [1.29, 1.82) is 0 Å². The summed E-state index contributed by atoms with van der Waals surface area (Å²) in [5.74, 6) is 1.06. The Bertz CT molecular complexity index is 379. The molecule has 0 spiro atoms. The Hall–Kier alpha value is -1.02. The third-order valence-corrected chi connectivity index (χ3v) is 3.41. The van der Waals surface area contributed by atoms with Crippen LogP contribution in [-0.2, 0) is 5.60 Å². The fourth-order valence-corrected chi connectivity index (χ4v) is 1.87. The van der Waals surface area contributed by atoms with E-state index >= 15 is 0 Å². The number of hydrogen-bond acceptors (Lipinski definition) is 2. The highest BCUT2D eigenvalue weighted by Gasteiger charge is 2.29. The minimum Gasteiger partial charge on any atom is -0.496 e. The summed E-state index contributed by atoms with van der Waals surface area (Å²) in [6, 6.07) is 4.01. The number of hydrogen-bond donors (Lipinski definition) is 1. The van der Waals surface area contributed by atoms with Crippen LogP contribution in [0.1, 0.15) is 37.5 Å². The summed E-state index contributed by atoms with van der Waals surface area (Å²) in [5, 5.41) is 10.5. The van der Waals surface area contributed by atoms with Crippen LogP contribution in [0.2, 0.25) is 0 Å². The van der Waals surface area contributed by atoms with Crippen LogP contribution >= 0.6 is 0 Å². The molecule has 1 aromatic carbocycles. The summed E-state index contributed by atoms with van der Waals surface area (Å²) in [4.78, 5) is 0. The second-order valence-corrected chi connectivity index (χ2v) is 4.94. The smallest absolute Gasteiger partial charge is 0.122 e. The van der Waals surface area contributed by atoms with Crippen LogP contribution < -0.4 is 4.74 Å². The fourth-order valence-electron chi connectivity index (χ4n) is 1.87.